The average molecular weight is 251 g/mol. The van der Waals surface area contributed by atoms with Gasteiger partial charge in [-0.05, 0) is 38.5 Å². The molecular weight excluding hydrogens is 222 g/mol. The van der Waals surface area contributed by atoms with E-state index in [2.05, 4.69) is 29.5 Å². The zero-order chi connectivity index (χ0) is 12.8. The van der Waals surface area contributed by atoms with E-state index in [0.29, 0.717) is 12.1 Å². The molecule has 2 N–H and O–H groups in total. The topological polar surface area (TPSA) is 36.4 Å². The Morgan fingerprint density at radius 1 is 1.11 bits per heavy atom. The van der Waals surface area contributed by atoms with E-state index in [4.69, 9.17) is 0 Å². The number of nitrogens with zero attached hydrogens (tertiary/aromatic N) is 1. The molecule has 0 spiro atoms. The third-order valence-corrected chi connectivity index (χ3v) is 4.17. The Hall–Kier alpha value is -0.730. The molecule has 2 fully saturated rings. The molecule has 0 aromatic heterocycles. The van der Waals surface area contributed by atoms with Crippen LogP contribution in [0.3, 0.4) is 0 Å². The summed E-state index contributed by atoms with van der Waals surface area (Å²) in [5, 5.41) is 7.24. The lowest BCUT2D eigenvalue weighted by atomic mass is 9.96. The van der Waals surface area contributed by atoms with Gasteiger partial charge in [0.25, 0.3) is 0 Å². The van der Waals surface area contributed by atoms with Crippen molar-refractivity contribution in [1.82, 2.24) is 10.6 Å². The van der Waals surface area contributed by atoms with Crippen LogP contribution in [-0.4, -0.2) is 24.6 Å². The second-order valence-electron chi connectivity index (χ2n) is 5.84. The number of nitrogens with one attached hydrogen (secondary N) is 2. The van der Waals surface area contributed by atoms with Gasteiger partial charge in [-0.3, -0.25) is 4.99 Å². The molecule has 0 aromatic carbocycles. The second kappa shape index (κ2) is 7.01. The van der Waals surface area contributed by atoms with Crippen LogP contribution < -0.4 is 10.6 Å². The Morgan fingerprint density at radius 3 is 2.56 bits per heavy atom. The summed E-state index contributed by atoms with van der Waals surface area (Å²) < 4.78 is 0. The van der Waals surface area contributed by atoms with Gasteiger partial charge in [0.2, 0.25) is 0 Å². The van der Waals surface area contributed by atoms with Gasteiger partial charge in [0.15, 0.2) is 5.96 Å². The zero-order valence-corrected chi connectivity index (χ0v) is 12.0. The summed E-state index contributed by atoms with van der Waals surface area (Å²) >= 11 is 0. The van der Waals surface area contributed by atoms with E-state index in [0.717, 1.165) is 18.4 Å². The van der Waals surface area contributed by atoms with Crippen LogP contribution in [0.15, 0.2) is 4.99 Å². The molecule has 2 unspecified atom stereocenters. The summed E-state index contributed by atoms with van der Waals surface area (Å²) in [7, 11) is 0. The first-order valence-corrected chi connectivity index (χ1v) is 7.91. The molecule has 0 radical (unpaired) electrons. The van der Waals surface area contributed by atoms with Crippen LogP contribution >= 0.6 is 0 Å². The highest BCUT2D eigenvalue weighted by Gasteiger charge is 2.36. The quantitative estimate of drug-likeness (QED) is 0.582. The lowest BCUT2D eigenvalue weighted by Crippen LogP contribution is -2.45. The fraction of sp³-hybridized carbons (Fsp3) is 0.933. The van der Waals surface area contributed by atoms with Gasteiger partial charge in [-0.25, -0.2) is 0 Å². The molecule has 0 heterocycles. The maximum absolute atomic E-state index is 4.59. The largest absolute Gasteiger partial charge is 0.354 e. The first-order chi connectivity index (χ1) is 8.83. The molecule has 0 saturated heterocycles. The minimum Gasteiger partial charge on any atom is -0.354 e. The smallest absolute Gasteiger partial charge is 0.191 e. The van der Waals surface area contributed by atoms with Crippen LogP contribution in [0.25, 0.3) is 0 Å². The molecular formula is C15H29N3. The molecule has 0 aliphatic heterocycles. The Labute approximate surface area is 112 Å². The summed E-state index contributed by atoms with van der Waals surface area (Å²) in [5.41, 5.74) is 0. The van der Waals surface area contributed by atoms with E-state index in [-0.39, 0.29) is 0 Å². The van der Waals surface area contributed by atoms with E-state index in [1.54, 1.807) is 0 Å². The van der Waals surface area contributed by atoms with Gasteiger partial charge in [-0.1, -0.05) is 32.6 Å². The number of hydrogen-bond acceptors (Lipinski definition) is 1. The molecule has 3 nitrogen and oxygen atoms in total. The maximum atomic E-state index is 4.59. The zero-order valence-electron chi connectivity index (χ0n) is 12.0. The molecule has 2 atom stereocenters. The predicted molar refractivity (Wildman–Crippen MR) is 77.9 cm³/mol. The fourth-order valence-electron chi connectivity index (χ4n) is 3.02. The summed E-state index contributed by atoms with van der Waals surface area (Å²) in [5.74, 6) is 1.96. The highest BCUT2D eigenvalue weighted by Crippen LogP contribution is 2.34. The molecule has 2 aliphatic carbocycles. The van der Waals surface area contributed by atoms with Crippen LogP contribution in [-0.2, 0) is 0 Å². The summed E-state index contributed by atoms with van der Waals surface area (Å²) in [6.07, 6.45) is 10.8. The van der Waals surface area contributed by atoms with Crippen molar-refractivity contribution in [2.24, 2.45) is 10.9 Å². The van der Waals surface area contributed by atoms with Gasteiger partial charge >= 0.3 is 0 Å². The van der Waals surface area contributed by atoms with Crippen molar-refractivity contribution in [3.8, 4) is 0 Å². The predicted octanol–water partition coefficient (Wildman–Crippen LogP) is 3.06. The number of aliphatic imine (C=N–C) groups is 1. The summed E-state index contributed by atoms with van der Waals surface area (Å²) in [4.78, 5) is 4.59. The fourth-order valence-corrected chi connectivity index (χ4v) is 3.02. The highest BCUT2D eigenvalue weighted by atomic mass is 15.2. The molecule has 2 rings (SSSR count). The SMILES string of the molecule is CCCC1CC1NC(=NCC)NC1CCCCC1. The lowest BCUT2D eigenvalue weighted by Gasteiger charge is -2.25. The van der Waals surface area contributed by atoms with Crippen molar-refractivity contribution >= 4 is 5.96 Å². The highest BCUT2D eigenvalue weighted by molar-refractivity contribution is 5.80. The molecule has 0 aromatic rings. The Morgan fingerprint density at radius 2 is 1.89 bits per heavy atom. The number of rotatable bonds is 5. The molecule has 104 valence electrons. The third kappa shape index (κ3) is 4.18. The van der Waals surface area contributed by atoms with Crippen LogP contribution in [0.4, 0.5) is 0 Å². The van der Waals surface area contributed by atoms with E-state index in [9.17, 15) is 0 Å². The van der Waals surface area contributed by atoms with Gasteiger partial charge < -0.3 is 10.6 Å². The van der Waals surface area contributed by atoms with Gasteiger partial charge in [-0.2, -0.15) is 0 Å². The van der Waals surface area contributed by atoms with E-state index in [1.807, 2.05) is 0 Å². The first-order valence-electron chi connectivity index (χ1n) is 7.91. The number of guanidine groups is 1. The minimum atomic E-state index is 0.653. The van der Waals surface area contributed by atoms with Crippen LogP contribution in [0.1, 0.15) is 65.2 Å². The average Bonchev–Trinajstić information content (AvgIpc) is 3.09. The van der Waals surface area contributed by atoms with Gasteiger partial charge in [0.05, 0.1) is 0 Å². The van der Waals surface area contributed by atoms with E-state index < -0.39 is 0 Å². The van der Waals surface area contributed by atoms with Crippen molar-refractivity contribution < 1.29 is 0 Å². The van der Waals surface area contributed by atoms with Crippen molar-refractivity contribution in [3.63, 3.8) is 0 Å². The van der Waals surface area contributed by atoms with Crippen LogP contribution in [0.2, 0.25) is 0 Å². The minimum absolute atomic E-state index is 0.653. The van der Waals surface area contributed by atoms with Gasteiger partial charge in [0.1, 0.15) is 0 Å². The van der Waals surface area contributed by atoms with Crippen molar-refractivity contribution in [3.05, 3.63) is 0 Å². The Bertz CT molecular complexity index is 269. The molecule has 3 heteroatoms. The monoisotopic (exact) mass is 251 g/mol. The second-order valence-corrected chi connectivity index (χ2v) is 5.84. The molecule has 2 aliphatic rings. The summed E-state index contributed by atoms with van der Waals surface area (Å²) in [6, 6.07) is 1.34. The lowest BCUT2D eigenvalue weighted by molar-refractivity contribution is 0.409. The Balaban J connectivity index is 1.76. The van der Waals surface area contributed by atoms with Crippen molar-refractivity contribution in [2.45, 2.75) is 77.3 Å². The van der Waals surface area contributed by atoms with E-state index >= 15 is 0 Å². The van der Waals surface area contributed by atoms with Crippen molar-refractivity contribution in [2.75, 3.05) is 6.54 Å². The van der Waals surface area contributed by atoms with E-state index in [1.165, 1.54) is 51.4 Å². The maximum Gasteiger partial charge on any atom is 0.191 e. The normalized spacial score (nSPS) is 29.1. The molecule has 2 saturated carbocycles. The summed E-state index contributed by atoms with van der Waals surface area (Å²) in [6.45, 7) is 5.25. The standard InChI is InChI=1S/C15H29N3/c1-3-8-12-11-14(12)18-15(16-4-2)17-13-9-6-5-7-10-13/h12-14H,3-11H2,1-2H3,(H2,16,17,18). The molecule has 0 bridgehead atoms. The van der Waals surface area contributed by atoms with Crippen LogP contribution in [0, 0.1) is 5.92 Å². The third-order valence-electron chi connectivity index (χ3n) is 4.17. The van der Waals surface area contributed by atoms with Gasteiger partial charge in [-0.15, -0.1) is 0 Å². The molecule has 18 heavy (non-hydrogen) atoms. The van der Waals surface area contributed by atoms with Crippen LogP contribution in [0.5, 0.6) is 0 Å². The van der Waals surface area contributed by atoms with Crippen molar-refractivity contribution in [1.29, 1.82) is 0 Å². The Kier molecular flexibility index (Phi) is 5.33. The number of hydrogen-bond donors (Lipinski definition) is 2. The van der Waals surface area contributed by atoms with Gasteiger partial charge in [0, 0.05) is 18.6 Å². The molecule has 0 amide bonds. The first kappa shape index (κ1) is 13.7.